The van der Waals surface area contributed by atoms with E-state index in [2.05, 4.69) is 64.2 Å². The molecule has 0 aliphatic heterocycles. The van der Waals surface area contributed by atoms with E-state index in [0.717, 1.165) is 19.0 Å². The summed E-state index contributed by atoms with van der Waals surface area (Å²) in [5.74, 6) is 0.854. The maximum Gasteiger partial charge on any atom is 0.00834 e. The van der Waals surface area contributed by atoms with Gasteiger partial charge in [-0.05, 0) is 49.6 Å². The molecular formula is C19H31N. The van der Waals surface area contributed by atoms with E-state index in [4.69, 9.17) is 0 Å². The first-order valence-electron chi connectivity index (χ1n) is 8.15. The fourth-order valence-corrected chi connectivity index (χ4v) is 3.39. The summed E-state index contributed by atoms with van der Waals surface area (Å²) in [4.78, 5) is 0. The molecule has 0 unspecified atom stereocenters. The molecule has 1 nitrogen and oxygen atoms in total. The summed E-state index contributed by atoms with van der Waals surface area (Å²) in [5.41, 5.74) is 3.71. The Morgan fingerprint density at radius 2 is 1.75 bits per heavy atom. The second-order valence-corrected chi connectivity index (χ2v) is 7.79. The Labute approximate surface area is 125 Å². The Balaban J connectivity index is 2.12. The van der Waals surface area contributed by atoms with E-state index in [0.29, 0.717) is 10.8 Å². The van der Waals surface area contributed by atoms with Gasteiger partial charge in [0.2, 0.25) is 0 Å². The molecule has 1 N–H and O–H groups in total. The monoisotopic (exact) mass is 273 g/mol. The van der Waals surface area contributed by atoms with Gasteiger partial charge in [-0.1, -0.05) is 57.5 Å². The summed E-state index contributed by atoms with van der Waals surface area (Å²) < 4.78 is 0. The quantitative estimate of drug-likeness (QED) is 0.768. The van der Waals surface area contributed by atoms with Crippen LogP contribution in [0.15, 0.2) is 24.3 Å². The predicted molar refractivity (Wildman–Crippen MR) is 88.2 cm³/mol. The highest BCUT2D eigenvalue weighted by atomic mass is 14.9. The Kier molecular flexibility index (Phi) is 4.59. The number of benzene rings is 1. The van der Waals surface area contributed by atoms with Crippen LogP contribution in [0.25, 0.3) is 0 Å². The standard InChI is InChI=1S/C19H31N/c1-6-11-20-14-19(12-17(13-19)18(3,4)5)16-9-7-15(2)8-10-16/h7-10,17,20H,6,11-14H2,1-5H3. The molecule has 0 bridgehead atoms. The van der Waals surface area contributed by atoms with Gasteiger partial charge in [0.1, 0.15) is 0 Å². The predicted octanol–water partition coefficient (Wildman–Crippen LogP) is 4.69. The highest BCUT2D eigenvalue weighted by Crippen LogP contribution is 2.54. The van der Waals surface area contributed by atoms with Crippen LogP contribution in [0.4, 0.5) is 0 Å². The molecule has 1 saturated carbocycles. The van der Waals surface area contributed by atoms with Gasteiger partial charge in [0.05, 0.1) is 0 Å². The van der Waals surface area contributed by atoms with Crippen molar-refractivity contribution in [3.8, 4) is 0 Å². The van der Waals surface area contributed by atoms with Crippen molar-refractivity contribution in [1.82, 2.24) is 5.32 Å². The largest absolute Gasteiger partial charge is 0.316 e. The van der Waals surface area contributed by atoms with Crippen molar-refractivity contribution in [3.05, 3.63) is 35.4 Å². The van der Waals surface area contributed by atoms with E-state index in [-0.39, 0.29) is 0 Å². The lowest BCUT2D eigenvalue weighted by atomic mass is 9.52. The molecule has 20 heavy (non-hydrogen) atoms. The summed E-state index contributed by atoms with van der Waals surface area (Å²) in [6, 6.07) is 9.23. The highest BCUT2D eigenvalue weighted by molar-refractivity contribution is 5.32. The molecule has 1 aromatic rings. The van der Waals surface area contributed by atoms with Crippen LogP contribution in [-0.4, -0.2) is 13.1 Å². The number of hydrogen-bond acceptors (Lipinski definition) is 1. The van der Waals surface area contributed by atoms with Crippen LogP contribution in [0, 0.1) is 18.3 Å². The van der Waals surface area contributed by atoms with E-state index in [1.165, 1.54) is 30.4 Å². The number of aryl methyl sites for hydroxylation is 1. The molecule has 1 aliphatic rings. The molecule has 1 heteroatoms. The van der Waals surface area contributed by atoms with Crippen molar-refractivity contribution >= 4 is 0 Å². The van der Waals surface area contributed by atoms with Crippen molar-refractivity contribution in [2.45, 2.75) is 59.3 Å². The SMILES string of the molecule is CCCNCC1(c2ccc(C)cc2)CC(C(C)(C)C)C1. The third kappa shape index (κ3) is 3.25. The summed E-state index contributed by atoms with van der Waals surface area (Å²) >= 11 is 0. The lowest BCUT2D eigenvalue weighted by molar-refractivity contribution is 0.0450. The topological polar surface area (TPSA) is 12.0 Å². The average Bonchev–Trinajstić information content (AvgIpc) is 2.32. The third-order valence-electron chi connectivity index (χ3n) is 5.05. The summed E-state index contributed by atoms with van der Waals surface area (Å²) in [5, 5.41) is 3.66. The lowest BCUT2D eigenvalue weighted by Crippen LogP contribution is -2.52. The Morgan fingerprint density at radius 3 is 2.25 bits per heavy atom. The fraction of sp³-hybridized carbons (Fsp3) is 0.684. The van der Waals surface area contributed by atoms with Crippen molar-refractivity contribution in [2.24, 2.45) is 11.3 Å². The minimum atomic E-state index is 0.376. The van der Waals surface area contributed by atoms with Crippen LogP contribution >= 0.6 is 0 Å². The molecule has 0 heterocycles. The first-order valence-corrected chi connectivity index (χ1v) is 8.15. The van der Waals surface area contributed by atoms with Crippen molar-refractivity contribution < 1.29 is 0 Å². The Hall–Kier alpha value is -0.820. The maximum atomic E-state index is 3.66. The minimum absolute atomic E-state index is 0.376. The lowest BCUT2D eigenvalue weighted by Gasteiger charge is -2.53. The van der Waals surface area contributed by atoms with Crippen molar-refractivity contribution in [2.75, 3.05) is 13.1 Å². The van der Waals surface area contributed by atoms with Crippen molar-refractivity contribution in [3.63, 3.8) is 0 Å². The van der Waals surface area contributed by atoms with Gasteiger partial charge < -0.3 is 5.32 Å². The van der Waals surface area contributed by atoms with Gasteiger partial charge in [-0.25, -0.2) is 0 Å². The van der Waals surface area contributed by atoms with Gasteiger partial charge >= 0.3 is 0 Å². The van der Waals surface area contributed by atoms with Crippen LogP contribution in [-0.2, 0) is 5.41 Å². The van der Waals surface area contributed by atoms with Crippen molar-refractivity contribution in [1.29, 1.82) is 0 Å². The van der Waals surface area contributed by atoms with E-state index in [9.17, 15) is 0 Å². The molecule has 2 rings (SSSR count). The van der Waals surface area contributed by atoms with E-state index >= 15 is 0 Å². The second-order valence-electron chi connectivity index (χ2n) is 7.79. The van der Waals surface area contributed by atoms with Gasteiger partial charge in [0, 0.05) is 12.0 Å². The molecule has 0 saturated heterocycles. The van der Waals surface area contributed by atoms with Crippen LogP contribution < -0.4 is 5.32 Å². The zero-order valence-corrected chi connectivity index (χ0v) is 13.9. The normalized spacial score (nSPS) is 26.4. The first-order chi connectivity index (χ1) is 9.37. The minimum Gasteiger partial charge on any atom is -0.316 e. The average molecular weight is 273 g/mol. The molecule has 112 valence electrons. The van der Waals surface area contributed by atoms with Gasteiger partial charge in [0.25, 0.3) is 0 Å². The third-order valence-corrected chi connectivity index (χ3v) is 5.05. The van der Waals surface area contributed by atoms with Crippen LogP contribution in [0.2, 0.25) is 0 Å². The van der Waals surface area contributed by atoms with Gasteiger partial charge in [0.15, 0.2) is 0 Å². The Morgan fingerprint density at radius 1 is 1.15 bits per heavy atom. The smallest absolute Gasteiger partial charge is 0.00834 e. The molecular weight excluding hydrogens is 242 g/mol. The maximum absolute atomic E-state index is 3.66. The number of rotatable bonds is 5. The Bertz CT molecular complexity index is 418. The fourth-order valence-electron chi connectivity index (χ4n) is 3.39. The number of nitrogens with one attached hydrogen (secondary N) is 1. The molecule has 0 atom stereocenters. The van der Waals surface area contributed by atoms with Gasteiger partial charge in [-0.15, -0.1) is 0 Å². The number of hydrogen-bond donors (Lipinski definition) is 1. The highest BCUT2D eigenvalue weighted by Gasteiger charge is 2.48. The van der Waals surface area contributed by atoms with E-state index in [1.807, 2.05) is 0 Å². The van der Waals surface area contributed by atoms with Gasteiger partial charge in [-0.3, -0.25) is 0 Å². The van der Waals surface area contributed by atoms with Crippen LogP contribution in [0.3, 0.4) is 0 Å². The molecule has 0 amide bonds. The van der Waals surface area contributed by atoms with E-state index in [1.54, 1.807) is 0 Å². The summed E-state index contributed by atoms with van der Waals surface area (Å²) in [6.07, 6.45) is 3.87. The molecule has 0 spiro atoms. The van der Waals surface area contributed by atoms with Crippen LogP contribution in [0.5, 0.6) is 0 Å². The zero-order chi connectivity index (χ0) is 14.8. The second kappa shape index (κ2) is 5.89. The summed E-state index contributed by atoms with van der Waals surface area (Å²) in [7, 11) is 0. The zero-order valence-electron chi connectivity index (χ0n) is 13.9. The molecule has 0 aromatic heterocycles. The molecule has 1 aliphatic carbocycles. The molecule has 1 aromatic carbocycles. The first kappa shape index (κ1) is 15.6. The molecule has 1 fully saturated rings. The summed E-state index contributed by atoms with van der Waals surface area (Å²) in [6.45, 7) is 13.8. The van der Waals surface area contributed by atoms with E-state index < -0.39 is 0 Å². The van der Waals surface area contributed by atoms with Gasteiger partial charge in [-0.2, -0.15) is 0 Å². The molecule has 0 radical (unpaired) electrons. The van der Waals surface area contributed by atoms with Crippen LogP contribution in [0.1, 0.15) is 58.1 Å².